The van der Waals surface area contributed by atoms with E-state index in [1.54, 1.807) is 11.3 Å². The van der Waals surface area contributed by atoms with E-state index in [4.69, 9.17) is 5.73 Å². The van der Waals surface area contributed by atoms with Crippen molar-refractivity contribution in [2.24, 2.45) is 5.73 Å². The summed E-state index contributed by atoms with van der Waals surface area (Å²) in [5.41, 5.74) is 6.84. The third-order valence-corrected chi connectivity index (χ3v) is 3.89. The molecule has 1 aromatic heterocycles. The normalized spacial score (nSPS) is 20.8. The summed E-state index contributed by atoms with van der Waals surface area (Å²) < 4.78 is 0. The molecule has 0 saturated carbocycles. The van der Waals surface area contributed by atoms with Crippen molar-refractivity contribution in [1.82, 2.24) is 9.88 Å². The first-order valence-electron chi connectivity index (χ1n) is 5.81. The molecule has 1 aliphatic rings. The molecule has 1 saturated heterocycles. The molecule has 1 unspecified atom stereocenters. The summed E-state index contributed by atoms with van der Waals surface area (Å²) in [6.07, 6.45) is 1.21. The maximum Gasteiger partial charge on any atom is 0.185 e. The van der Waals surface area contributed by atoms with Crippen LogP contribution < -0.4 is 10.6 Å². The number of hydrogen-bond donors (Lipinski definition) is 1. The Bertz CT molecular complexity index is 336. The van der Waals surface area contributed by atoms with Gasteiger partial charge in [-0.25, -0.2) is 4.98 Å². The van der Waals surface area contributed by atoms with Gasteiger partial charge in [-0.3, -0.25) is 0 Å². The van der Waals surface area contributed by atoms with Crippen LogP contribution in [0.5, 0.6) is 0 Å². The van der Waals surface area contributed by atoms with E-state index in [1.807, 2.05) is 6.92 Å². The van der Waals surface area contributed by atoms with Crippen LogP contribution >= 0.6 is 11.3 Å². The van der Waals surface area contributed by atoms with Crippen LogP contribution in [-0.2, 0) is 0 Å². The molecule has 16 heavy (non-hydrogen) atoms. The van der Waals surface area contributed by atoms with Gasteiger partial charge in [-0.05, 0) is 26.9 Å². The smallest absolute Gasteiger partial charge is 0.185 e. The molecule has 2 N–H and O–H groups in total. The molecule has 0 spiro atoms. The topological polar surface area (TPSA) is 45.4 Å². The lowest BCUT2D eigenvalue weighted by molar-refractivity contribution is 0.360. The van der Waals surface area contributed by atoms with Gasteiger partial charge in [0.15, 0.2) is 5.13 Å². The maximum absolute atomic E-state index is 5.83. The Kier molecular flexibility index (Phi) is 3.78. The number of likely N-dealkylation sites (N-methyl/N-ethyl adjacent to an activating group) is 1. The highest BCUT2D eigenvalue weighted by Crippen LogP contribution is 2.24. The number of aromatic nitrogens is 1. The first-order valence-corrected chi connectivity index (χ1v) is 6.69. The van der Waals surface area contributed by atoms with Gasteiger partial charge < -0.3 is 15.5 Å². The Balaban J connectivity index is 2.05. The Morgan fingerprint density at radius 3 is 2.88 bits per heavy atom. The fourth-order valence-electron chi connectivity index (χ4n) is 1.87. The maximum atomic E-state index is 5.83. The minimum Gasteiger partial charge on any atom is -0.347 e. The van der Waals surface area contributed by atoms with Gasteiger partial charge in [0.25, 0.3) is 0 Å². The molecule has 1 atom stereocenters. The summed E-state index contributed by atoms with van der Waals surface area (Å²) in [6.45, 7) is 6.46. The molecule has 0 amide bonds. The van der Waals surface area contributed by atoms with Gasteiger partial charge in [-0.1, -0.05) is 0 Å². The minimum absolute atomic E-state index is 0.0413. The van der Waals surface area contributed by atoms with E-state index in [9.17, 15) is 0 Å². The van der Waals surface area contributed by atoms with E-state index in [-0.39, 0.29) is 6.04 Å². The van der Waals surface area contributed by atoms with Crippen LogP contribution in [0.1, 0.15) is 25.1 Å². The monoisotopic (exact) mass is 240 g/mol. The van der Waals surface area contributed by atoms with Crippen LogP contribution in [0.4, 0.5) is 5.13 Å². The van der Waals surface area contributed by atoms with Crippen LogP contribution in [0.2, 0.25) is 0 Å². The van der Waals surface area contributed by atoms with Gasteiger partial charge in [0.05, 0.1) is 5.69 Å². The molecule has 0 bridgehead atoms. The second-order valence-electron chi connectivity index (χ2n) is 4.49. The summed E-state index contributed by atoms with van der Waals surface area (Å²) in [4.78, 5) is 9.35. The first-order chi connectivity index (χ1) is 7.66. The fourth-order valence-corrected chi connectivity index (χ4v) is 2.85. The summed E-state index contributed by atoms with van der Waals surface area (Å²) in [6, 6.07) is 0.0413. The number of hydrogen-bond acceptors (Lipinski definition) is 5. The fraction of sp³-hybridized carbons (Fsp3) is 0.727. The van der Waals surface area contributed by atoms with E-state index in [2.05, 4.69) is 27.2 Å². The van der Waals surface area contributed by atoms with Crippen molar-refractivity contribution in [2.45, 2.75) is 19.4 Å². The third kappa shape index (κ3) is 2.72. The molecule has 1 aliphatic heterocycles. The van der Waals surface area contributed by atoms with Crippen LogP contribution in [0.15, 0.2) is 5.38 Å². The molecular formula is C11H20N4S. The van der Waals surface area contributed by atoms with Crippen molar-refractivity contribution in [3.63, 3.8) is 0 Å². The molecule has 5 heteroatoms. The zero-order chi connectivity index (χ0) is 11.5. The average Bonchev–Trinajstić information content (AvgIpc) is 2.63. The van der Waals surface area contributed by atoms with E-state index in [0.717, 1.165) is 30.5 Å². The molecule has 1 aromatic rings. The molecule has 2 rings (SSSR count). The predicted molar refractivity (Wildman–Crippen MR) is 69.0 cm³/mol. The Hall–Kier alpha value is -0.650. The third-order valence-electron chi connectivity index (χ3n) is 2.97. The molecule has 4 nitrogen and oxygen atoms in total. The highest BCUT2D eigenvalue weighted by molar-refractivity contribution is 7.13. The van der Waals surface area contributed by atoms with Gasteiger partial charge in [0, 0.05) is 31.1 Å². The first kappa shape index (κ1) is 11.8. The van der Waals surface area contributed by atoms with Gasteiger partial charge in [-0.2, -0.15) is 0 Å². The van der Waals surface area contributed by atoms with Crippen molar-refractivity contribution in [1.29, 1.82) is 0 Å². The van der Waals surface area contributed by atoms with E-state index in [0.29, 0.717) is 0 Å². The largest absolute Gasteiger partial charge is 0.347 e. The summed E-state index contributed by atoms with van der Waals surface area (Å²) in [7, 11) is 2.18. The van der Waals surface area contributed by atoms with Crippen LogP contribution in [0.25, 0.3) is 0 Å². The van der Waals surface area contributed by atoms with Crippen molar-refractivity contribution in [2.75, 3.05) is 38.1 Å². The second-order valence-corrected chi connectivity index (χ2v) is 5.32. The van der Waals surface area contributed by atoms with E-state index < -0.39 is 0 Å². The van der Waals surface area contributed by atoms with E-state index in [1.165, 1.54) is 13.0 Å². The zero-order valence-corrected chi connectivity index (χ0v) is 10.8. The molecule has 2 heterocycles. The van der Waals surface area contributed by atoms with Crippen molar-refractivity contribution in [3.05, 3.63) is 11.1 Å². The average molecular weight is 240 g/mol. The number of nitrogens with two attached hydrogens (primary N) is 1. The Labute approximate surface area is 101 Å². The zero-order valence-electron chi connectivity index (χ0n) is 10.0. The predicted octanol–water partition coefficient (Wildman–Crippen LogP) is 1.30. The molecular weight excluding hydrogens is 220 g/mol. The van der Waals surface area contributed by atoms with Gasteiger partial charge >= 0.3 is 0 Å². The van der Waals surface area contributed by atoms with Gasteiger partial charge in [0.1, 0.15) is 0 Å². The lowest BCUT2D eigenvalue weighted by Gasteiger charge is -2.19. The number of thiazole rings is 1. The van der Waals surface area contributed by atoms with Crippen LogP contribution in [-0.4, -0.2) is 43.1 Å². The Morgan fingerprint density at radius 1 is 1.38 bits per heavy atom. The highest BCUT2D eigenvalue weighted by atomic mass is 32.1. The van der Waals surface area contributed by atoms with Crippen LogP contribution in [0, 0.1) is 0 Å². The highest BCUT2D eigenvalue weighted by Gasteiger charge is 2.16. The quantitative estimate of drug-likeness (QED) is 0.846. The van der Waals surface area contributed by atoms with Crippen molar-refractivity contribution < 1.29 is 0 Å². The summed E-state index contributed by atoms with van der Waals surface area (Å²) in [5, 5.41) is 3.21. The SMILES string of the molecule is CC(N)c1csc(N2CCCN(C)CC2)n1. The summed E-state index contributed by atoms with van der Waals surface area (Å²) >= 11 is 1.71. The number of anilines is 1. The standard InChI is InChI=1S/C11H20N4S/c1-9(12)10-8-16-11(13-10)15-5-3-4-14(2)6-7-15/h8-9H,3-7,12H2,1-2H3. The lowest BCUT2D eigenvalue weighted by Crippen LogP contribution is -2.28. The van der Waals surface area contributed by atoms with Gasteiger partial charge in [-0.15, -0.1) is 11.3 Å². The molecule has 0 radical (unpaired) electrons. The molecule has 1 fully saturated rings. The number of nitrogens with zero attached hydrogens (tertiary/aromatic N) is 3. The Morgan fingerprint density at radius 2 is 2.19 bits per heavy atom. The van der Waals surface area contributed by atoms with Crippen LogP contribution in [0.3, 0.4) is 0 Å². The van der Waals surface area contributed by atoms with Crippen molar-refractivity contribution >= 4 is 16.5 Å². The van der Waals surface area contributed by atoms with Gasteiger partial charge in [0.2, 0.25) is 0 Å². The molecule has 0 aliphatic carbocycles. The molecule has 90 valence electrons. The van der Waals surface area contributed by atoms with Crippen molar-refractivity contribution in [3.8, 4) is 0 Å². The molecule has 0 aromatic carbocycles. The summed E-state index contributed by atoms with van der Waals surface area (Å²) in [5.74, 6) is 0. The number of rotatable bonds is 2. The van der Waals surface area contributed by atoms with E-state index >= 15 is 0 Å². The minimum atomic E-state index is 0.0413. The second kappa shape index (κ2) is 5.12. The lowest BCUT2D eigenvalue weighted by atomic mass is 10.3.